The number of aromatic nitrogens is 5. The van der Waals surface area contributed by atoms with E-state index in [-0.39, 0.29) is 17.5 Å². The van der Waals surface area contributed by atoms with Crippen LogP contribution in [0.15, 0.2) is 30.5 Å². The predicted molar refractivity (Wildman–Crippen MR) is 94.1 cm³/mol. The number of hydrogen-bond acceptors (Lipinski definition) is 4. The van der Waals surface area contributed by atoms with Crippen molar-refractivity contribution in [3.63, 3.8) is 0 Å². The zero-order chi connectivity index (χ0) is 17.8. The second-order valence-corrected chi connectivity index (χ2v) is 6.57. The zero-order valence-electron chi connectivity index (χ0n) is 14.0. The highest BCUT2D eigenvalue weighted by molar-refractivity contribution is 6.01. The summed E-state index contributed by atoms with van der Waals surface area (Å²) < 4.78 is 16.6. The Bertz CT molecular complexity index is 1170. The fourth-order valence-electron chi connectivity index (χ4n) is 3.10. The van der Waals surface area contributed by atoms with E-state index >= 15 is 0 Å². The number of aryl methyl sites for hydroxylation is 1. The first-order valence-corrected chi connectivity index (χ1v) is 8.41. The normalized spacial score (nSPS) is 14.2. The van der Waals surface area contributed by atoms with Gasteiger partial charge in [0.2, 0.25) is 5.91 Å². The summed E-state index contributed by atoms with van der Waals surface area (Å²) in [5, 5.41) is 14.4. The number of pyridine rings is 2. The summed E-state index contributed by atoms with van der Waals surface area (Å²) in [6, 6.07) is 7.05. The van der Waals surface area contributed by atoms with Gasteiger partial charge in [0.15, 0.2) is 17.3 Å². The molecule has 0 aliphatic heterocycles. The lowest BCUT2D eigenvalue weighted by atomic mass is 10.1. The summed E-state index contributed by atoms with van der Waals surface area (Å²) in [5.41, 5.74) is 2.94. The van der Waals surface area contributed by atoms with Gasteiger partial charge in [0.25, 0.3) is 0 Å². The van der Waals surface area contributed by atoms with Crippen molar-refractivity contribution in [3.05, 3.63) is 42.0 Å². The maximum Gasteiger partial charge on any atom is 0.228 e. The number of aromatic amines is 1. The van der Waals surface area contributed by atoms with Gasteiger partial charge in [-0.1, -0.05) is 6.07 Å². The van der Waals surface area contributed by atoms with Crippen molar-refractivity contribution in [3.8, 4) is 11.3 Å². The van der Waals surface area contributed by atoms with Crippen molar-refractivity contribution in [2.75, 3.05) is 5.32 Å². The molecule has 4 heterocycles. The number of anilines is 1. The van der Waals surface area contributed by atoms with Crippen LogP contribution in [-0.2, 0) is 4.79 Å². The molecule has 0 atom stereocenters. The molecule has 26 heavy (non-hydrogen) atoms. The molecule has 0 bridgehead atoms. The lowest BCUT2D eigenvalue weighted by Gasteiger charge is -2.04. The van der Waals surface area contributed by atoms with Crippen LogP contribution in [0.3, 0.4) is 0 Å². The van der Waals surface area contributed by atoms with E-state index in [4.69, 9.17) is 0 Å². The van der Waals surface area contributed by atoms with Crippen molar-refractivity contribution in [1.82, 2.24) is 24.8 Å². The second kappa shape index (κ2) is 5.35. The summed E-state index contributed by atoms with van der Waals surface area (Å²) in [6.07, 6.45) is 3.38. The summed E-state index contributed by atoms with van der Waals surface area (Å²) in [6.45, 7) is 1.93. The Morgan fingerprint density at radius 3 is 3.04 bits per heavy atom. The van der Waals surface area contributed by atoms with Crippen LogP contribution < -0.4 is 5.32 Å². The van der Waals surface area contributed by atoms with Crippen molar-refractivity contribution in [2.24, 2.45) is 5.92 Å². The summed E-state index contributed by atoms with van der Waals surface area (Å²) in [4.78, 5) is 16.3. The lowest BCUT2D eigenvalue weighted by molar-refractivity contribution is -0.117. The molecule has 0 spiro atoms. The first-order valence-electron chi connectivity index (χ1n) is 8.41. The van der Waals surface area contributed by atoms with Crippen molar-refractivity contribution >= 4 is 28.3 Å². The van der Waals surface area contributed by atoms with Crippen LogP contribution in [0, 0.1) is 18.7 Å². The van der Waals surface area contributed by atoms with Crippen molar-refractivity contribution in [1.29, 1.82) is 0 Å². The van der Waals surface area contributed by atoms with E-state index in [0.717, 1.165) is 24.1 Å². The third-order valence-corrected chi connectivity index (χ3v) is 4.68. The number of hydrogen-bond donors (Lipinski definition) is 2. The molecule has 1 saturated carbocycles. The second-order valence-electron chi connectivity index (χ2n) is 6.57. The minimum Gasteiger partial charge on any atom is -0.308 e. The fraction of sp³-hybridized carbons (Fsp3) is 0.222. The lowest BCUT2D eigenvalue weighted by Crippen LogP contribution is -2.13. The third kappa shape index (κ3) is 2.26. The maximum atomic E-state index is 14.8. The molecule has 4 aromatic heterocycles. The molecule has 1 fully saturated rings. The number of fused-ring (bicyclic) bond motifs is 2. The Morgan fingerprint density at radius 1 is 1.38 bits per heavy atom. The Balaban J connectivity index is 1.61. The molecule has 1 aliphatic carbocycles. The molecule has 0 unspecified atom stereocenters. The average Bonchev–Trinajstić information content (AvgIpc) is 3.29. The first-order chi connectivity index (χ1) is 12.6. The van der Waals surface area contributed by atoms with E-state index in [1.807, 2.05) is 25.1 Å². The topological polar surface area (TPSA) is 88.0 Å². The molecule has 5 rings (SSSR count). The number of carbonyl (C=O) groups excluding carboxylic acids is 1. The maximum absolute atomic E-state index is 14.8. The number of nitrogens with zero attached hydrogens (tertiary/aromatic N) is 4. The molecule has 4 aromatic rings. The van der Waals surface area contributed by atoms with Gasteiger partial charge in [-0.05, 0) is 38.0 Å². The van der Waals surface area contributed by atoms with Crippen LogP contribution >= 0.6 is 0 Å². The number of H-pyrrole nitrogens is 1. The molecular weight excluding hydrogens is 335 g/mol. The van der Waals surface area contributed by atoms with Gasteiger partial charge in [-0.3, -0.25) is 9.89 Å². The number of carbonyl (C=O) groups is 1. The van der Waals surface area contributed by atoms with Crippen LogP contribution in [0.5, 0.6) is 0 Å². The minimum absolute atomic E-state index is 0.0425. The number of amides is 1. The number of rotatable bonds is 3. The highest BCUT2D eigenvalue weighted by Crippen LogP contribution is 2.32. The van der Waals surface area contributed by atoms with E-state index in [0.29, 0.717) is 22.4 Å². The molecule has 130 valence electrons. The monoisotopic (exact) mass is 350 g/mol. The van der Waals surface area contributed by atoms with Crippen LogP contribution in [0.4, 0.5) is 10.2 Å². The molecular formula is C18H15FN6O. The third-order valence-electron chi connectivity index (χ3n) is 4.68. The molecule has 0 radical (unpaired) electrons. The Kier molecular flexibility index (Phi) is 3.09. The summed E-state index contributed by atoms with van der Waals surface area (Å²) in [7, 11) is 0. The number of halogens is 1. The summed E-state index contributed by atoms with van der Waals surface area (Å²) >= 11 is 0. The zero-order valence-corrected chi connectivity index (χ0v) is 14.0. The Labute approximate surface area is 147 Å². The molecule has 1 aliphatic rings. The van der Waals surface area contributed by atoms with Gasteiger partial charge in [-0.25, -0.2) is 13.9 Å². The van der Waals surface area contributed by atoms with Crippen LogP contribution in [-0.4, -0.2) is 30.7 Å². The van der Waals surface area contributed by atoms with E-state index in [2.05, 4.69) is 25.6 Å². The minimum atomic E-state index is -0.489. The standard InChI is InChI=1S/C18H15FN6O/c1-9-3-2-4-14-12(8-20-25(9)14)15-13(19)7-11-16(21-15)23-24-17(11)22-18(26)10-5-6-10/h2-4,7-8,10H,5-6H2,1H3,(H2,21,22,23,24,26). The van der Waals surface area contributed by atoms with Crippen molar-refractivity contribution < 1.29 is 9.18 Å². The van der Waals surface area contributed by atoms with Crippen LogP contribution in [0.1, 0.15) is 18.5 Å². The molecule has 8 heteroatoms. The first kappa shape index (κ1) is 15.0. The van der Waals surface area contributed by atoms with Crippen LogP contribution in [0.2, 0.25) is 0 Å². The fourth-order valence-corrected chi connectivity index (χ4v) is 3.10. The largest absolute Gasteiger partial charge is 0.308 e. The van der Waals surface area contributed by atoms with Crippen molar-refractivity contribution in [2.45, 2.75) is 19.8 Å². The molecule has 7 nitrogen and oxygen atoms in total. The van der Waals surface area contributed by atoms with Gasteiger partial charge in [-0.2, -0.15) is 10.2 Å². The molecule has 1 amide bonds. The Hall–Kier alpha value is -3.29. The number of nitrogens with one attached hydrogen (secondary N) is 2. The van der Waals surface area contributed by atoms with Gasteiger partial charge in [0.1, 0.15) is 5.69 Å². The smallest absolute Gasteiger partial charge is 0.228 e. The molecule has 0 saturated heterocycles. The van der Waals surface area contributed by atoms with Gasteiger partial charge in [-0.15, -0.1) is 0 Å². The molecule has 0 aromatic carbocycles. The van der Waals surface area contributed by atoms with Gasteiger partial charge in [0, 0.05) is 17.2 Å². The van der Waals surface area contributed by atoms with Gasteiger partial charge in [0.05, 0.1) is 17.1 Å². The molecule has 2 N–H and O–H groups in total. The average molecular weight is 350 g/mol. The highest BCUT2D eigenvalue weighted by Gasteiger charge is 2.30. The highest BCUT2D eigenvalue weighted by atomic mass is 19.1. The Morgan fingerprint density at radius 2 is 2.23 bits per heavy atom. The van der Waals surface area contributed by atoms with E-state index in [9.17, 15) is 9.18 Å². The van der Waals surface area contributed by atoms with E-state index in [1.54, 1.807) is 10.7 Å². The van der Waals surface area contributed by atoms with Gasteiger partial charge < -0.3 is 5.32 Å². The quantitative estimate of drug-likeness (QED) is 0.594. The summed E-state index contributed by atoms with van der Waals surface area (Å²) in [5.74, 6) is -0.218. The SMILES string of the molecule is Cc1cccc2c(-c3nc4[nH]nc(NC(=O)C5CC5)c4cc3F)cnn12. The van der Waals surface area contributed by atoms with E-state index in [1.165, 1.54) is 6.07 Å². The van der Waals surface area contributed by atoms with E-state index < -0.39 is 5.82 Å². The van der Waals surface area contributed by atoms with Gasteiger partial charge >= 0.3 is 0 Å². The van der Waals surface area contributed by atoms with Crippen LogP contribution in [0.25, 0.3) is 27.8 Å². The predicted octanol–water partition coefficient (Wildman–Crippen LogP) is 3.07.